The van der Waals surface area contributed by atoms with Gasteiger partial charge in [-0.05, 0) is 76.9 Å². The number of para-hydroxylation sites is 3. The third-order valence-corrected chi connectivity index (χ3v) is 8.85. The number of rotatable bonds is 3. The molecule has 0 saturated heterocycles. The van der Waals surface area contributed by atoms with E-state index in [1.54, 1.807) is 0 Å². The normalized spacial score (nSPS) is 13.6. The number of nitrogens with zero attached hydrogens (tertiary/aromatic N) is 1. The molecule has 210 valence electrons. The molecule has 0 atom stereocenters. The lowest BCUT2D eigenvalue weighted by molar-refractivity contribution is 0.669. The van der Waals surface area contributed by atoms with Crippen molar-refractivity contribution in [1.29, 1.82) is 0 Å². The van der Waals surface area contributed by atoms with Crippen LogP contribution in [0.1, 0.15) is 6.85 Å². The lowest BCUT2D eigenvalue weighted by Crippen LogP contribution is -1.96. The van der Waals surface area contributed by atoms with E-state index < -0.39 is 6.04 Å². The fraction of sp³-hybridized carbons (Fsp3) is 0. The summed E-state index contributed by atoms with van der Waals surface area (Å²) in [7, 11) is 0. The summed E-state index contributed by atoms with van der Waals surface area (Å²) in [5, 5.41) is 6.06. The van der Waals surface area contributed by atoms with Crippen LogP contribution in [-0.2, 0) is 0 Å². The van der Waals surface area contributed by atoms with Crippen LogP contribution in [0.15, 0.2) is 160 Å². The van der Waals surface area contributed by atoms with Gasteiger partial charge in [-0.15, -0.1) is 0 Å². The van der Waals surface area contributed by atoms with Gasteiger partial charge in [0.2, 0.25) is 0 Å². The molecule has 3 heterocycles. The van der Waals surface area contributed by atoms with E-state index in [1.165, 1.54) is 0 Å². The van der Waals surface area contributed by atoms with E-state index in [1.807, 2.05) is 78.9 Å². The van der Waals surface area contributed by atoms with Crippen molar-refractivity contribution >= 4 is 65.7 Å². The zero-order valence-corrected chi connectivity index (χ0v) is 23.8. The first-order chi connectivity index (χ1) is 24.4. The van der Waals surface area contributed by atoms with Crippen molar-refractivity contribution in [3.8, 4) is 27.9 Å². The molecule has 0 amide bonds. The molecule has 0 aliphatic carbocycles. The summed E-state index contributed by atoms with van der Waals surface area (Å²) < 4.78 is 57.9. The minimum Gasteiger partial charge on any atom is -0.456 e. The molecule has 0 aliphatic rings. The fourth-order valence-electron chi connectivity index (χ4n) is 6.85. The molecule has 3 heteroatoms. The molecule has 10 aromatic rings. The van der Waals surface area contributed by atoms with Gasteiger partial charge in [0, 0.05) is 38.0 Å². The van der Waals surface area contributed by atoms with Gasteiger partial charge < -0.3 is 13.4 Å². The van der Waals surface area contributed by atoms with Crippen LogP contribution in [0.2, 0.25) is 0 Å². The van der Waals surface area contributed by atoms with Crippen molar-refractivity contribution in [2.45, 2.75) is 0 Å². The highest BCUT2D eigenvalue weighted by atomic mass is 16.3. The molecule has 0 radical (unpaired) electrons. The molecule has 0 aliphatic heterocycles. The Morgan fingerprint density at radius 1 is 0.444 bits per heavy atom. The summed E-state index contributed by atoms with van der Waals surface area (Å²) in [6, 6.07) is 38.7. The minimum atomic E-state index is -0.424. The molecule has 0 N–H and O–H groups in total. The summed E-state index contributed by atoms with van der Waals surface area (Å²) in [6.45, 7) is 0. The molecule has 0 bridgehead atoms. The van der Waals surface area contributed by atoms with Gasteiger partial charge in [-0.3, -0.25) is 0 Å². The Balaban J connectivity index is 1.34. The van der Waals surface area contributed by atoms with Crippen molar-refractivity contribution < 1.29 is 15.7 Å². The monoisotopic (exact) mass is 580 g/mol. The largest absolute Gasteiger partial charge is 0.456 e. The number of hydrogen-bond donors (Lipinski definition) is 0. The van der Waals surface area contributed by atoms with Gasteiger partial charge in [0.25, 0.3) is 0 Å². The Hall–Kier alpha value is -6.06. The van der Waals surface area contributed by atoms with Gasteiger partial charge in [-0.1, -0.05) is 96.9 Å². The van der Waals surface area contributed by atoms with E-state index >= 15 is 0 Å². The van der Waals surface area contributed by atoms with Crippen molar-refractivity contribution in [3.05, 3.63) is 152 Å². The molecule has 3 nitrogen and oxygen atoms in total. The Morgan fingerprint density at radius 3 is 1.91 bits per heavy atom. The number of aromatic nitrogens is 1. The maximum Gasteiger partial charge on any atom is 0.160 e. The first-order valence-corrected chi connectivity index (χ1v) is 14.9. The van der Waals surface area contributed by atoms with Crippen LogP contribution in [0.5, 0.6) is 0 Å². The molecule has 10 rings (SSSR count). The number of hydrogen-bond acceptors (Lipinski definition) is 2. The Kier molecular flexibility index (Phi) is 4.10. The predicted molar refractivity (Wildman–Crippen MR) is 186 cm³/mol. The smallest absolute Gasteiger partial charge is 0.160 e. The third kappa shape index (κ3) is 3.58. The molecule has 7 aromatic carbocycles. The Morgan fingerprint density at radius 2 is 1.09 bits per heavy atom. The first-order valence-electron chi connectivity index (χ1n) is 17.4. The lowest BCUT2D eigenvalue weighted by Gasteiger charge is -2.14. The van der Waals surface area contributed by atoms with Gasteiger partial charge in [0.15, 0.2) is 5.58 Å². The summed E-state index contributed by atoms with van der Waals surface area (Å²) >= 11 is 0. The predicted octanol–water partition coefficient (Wildman–Crippen LogP) is 11.9. The van der Waals surface area contributed by atoms with Gasteiger partial charge in [0.1, 0.15) is 16.7 Å². The molecular formula is C42H25NO2. The van der Waals surface area contributed by atoms with Crippen LogP contribution in [0.4, 0.5) is 0 Å². The molecule has 0 fully saturated rings. The quantitative estimate of drug-likeness (QED) is 0.208. The zero-order valence-electron chi connectivity index (χ0n) is 28.8. The van der Waals surface area contributed by atoms with E-state index in [0.717, 1.165) is 82.5 Å². The van der Waals surface area contributed by atoms with Crippen LogP contribution in [-0.4, -0.2) is 4.57 Å². The molecule has 0 spiro atoms. The molecular weight excluding hydrogens is 550 g/mol. The second-order valence-corrected chi connectivity index (χ2v) is 11.4. The second kappa shape index (κ2) is 9.22. The molecule has 0 unspecified atom stereocenters. The fourth-order valence-corrected chi connectivity index (χ4v) is 6.85. The highest BCUT2D eigenvalue weighted by molar-refractivity contribution is 6.21. The molecule has 45 heavy (non-hydrogen) atoms. The lowest BCUT2D eigenvalue weighted by atomic mass is 9.97. The van der Waals surface area contributed by atoms with Crippen LogP contribution in [0.3, 0.4) is 0 Å². The van der Waals surface area contributed by atoms with E-state index in [-0.39, 0.29) is 29.7 Å². The van der Waals surface area contributed by atoms with Crippen molar-refractivity contribution in [2.24, 2.45) is 0 Å². The Labute approximate surface area is 265 Å². The van der Waals surface area contributed by atoms with Crippen LogP contribution >= 0.6 is 0 Å². The average Bonchev–Trinajstić information content (AvgIpc) is 3.82. The van der Waals surface area contributed by atoms with E-state index in [2.05, 4.69) is 47.0 Å². The highest BCUT2D eigenvalue weighted by Crippen LogP contribution is 2.42. The summed E-state index contributed by atoms with van der Waals surface area (Å²) in [4.78, 5) is 0. The number of furan rings is 2. The van der Waals surface area contributed by atoms with Crippen LogP contribution in [0, 0.1) is 0 Å². The van der Waals surface area contributed by atoms with E-state index in [0.29, 0.717) is 5.56 Å². The zero-order chi connectivity index (χ0) is 33.8. The van der Waals surface area contributed by atoms with E-state index in [4.69, 9.17) is 15.7 Å². The summed E-state index contributed by atoms with van der Waals surface area (Å²) in [5.74, 6) is 0. The third-order valence-electron chi connectivity index (χ3n) is 8.85. The SMILES string of the molecule is [2H]c1c([2H])c([2H])c(-c2cc(-c3ccc4oc5ccccc5c4c3)cc(-n3c4ccccc4c4ccc5c6ccccc6oc5c43)c2)c([2H])c1[2H]. The van der Waals surface area contributed by atoms with Crippen molar-refractivity contribution in [2.75, 3.05) is 0 Å². The number of fused-ring (bicyclic) bond motifs is 10. The summed E-state index contributed by atoms with van der Waals surface area (Å²) in [6.07, 6.45) is 0. The highest BCUT2D eigenvalue weighted by Gasteiger charge is 2.20. The summed E-state index contributed by atoms with van der Waals surface area (Å²) in [5.41, 5.74) is 8.09. The van der Waals surface area contributed by atoms with Gasteiger partial charge in [-0.2, -0.15) is 0 Å². The van der Waals surface area contributed by atoms with Gasteiger partial charge in [0.05, 0.1) is 17.9 Å². The second-order valence-electron chi connectivity index (χ2n) is 11.4. The first kappa shape index (κ1) is 20.0. The average molecular weight is 581 g/mol. The Bertz CT molecular complexity index is 3030. The maximum absolute atomic E-state index is 8.90. The van der Waals surface area contributed by atoms with E-state index in [9.17, 15) is 0 Å². The molecule has 3 aromatic heterocycles. The van der Waals surface area contributed by atoms with Crippen molar-refractivity contribution in [1.82, 2.24) is 4.57 Å². The van der Waals surface area contributed by atoms with Gasteiger partial charge in [-0.25, -0.2) is 0 Å². The maximum atomic E-state index is 8.90. The van der Waals surface area contributed by atoms with Gasteiger partial charge >= 0.3 is 0 Å². The van der Waals surface area contributed by atoms with Crippen LogP contribution < -0.4 is 0 Å². The van der Waals surface area contributed by atoms with Crippen LogP contribution in [0.25, 0.3) is 93.6 Å². The minimum absolute atomic E-state index is 0.142. The van der Waals surface area contributed by atoms with Crippen molar-refractivity contribution in [3.63, 3.8) is 0 Å². The molecule has 0 saturated carbocycles. The standard InChI is InChI=1S/C42H25NO2/c1-2-10-26(11-3-1)28-22-29(27-18-21-40-36(25-27)33-14-6-8-16-38(33)44-40)24-30(23-28)43-37-15-7-4-12-31(37)34-19-20-35-32-13-5-9-17-39(32)45-42(35)41(34)43/h1-25H/i1D,2D,3D,10D,11D. The number of benzene rings is 7. The topological polar surface area (TPSA) is 31.2 Å².